The summed E-state index contributed by atoms with van der Waals surface area (Å²) in [4.78, 5) is 15.2. The lowest BCUT2D eigenvalue weighted by molar-refractivity contribution is 0.0600. The molecular weight excluding hydrogens is 212 g/mol. The fraction of sp³-hybridized carbons (Fsp3) is 0.200. The third kappa shape index (κ3) is 1.44. The van der Waals surface area contributed by atoms with Gasteiger partial charge in [-0.1, -0.05) is 0 Å². The zero-order chi connectivity index (χ0) is 11.7. The van der Waals surface area contributed by atoms with E-state index in [0.29, 0.717) is 22.3 Å². The molecule has 0 fully saturated rings. The Morgan fingerprint density at radius 1 is 1.50 bits per heavy atom. The van der Waals surface area contributed by atoms with Gasteiger partial charge in [0.1, 0.15) is 11.3 Å². The van der Waals surface area contributed by atoms with Crippen molar-refractivity contribution in [2.45, 2.75) is 0 Å². The summed E-state index contributed by atoms with van der Waals surface area (Å²) in [5, 5.41) is 9.41. The van der Waals surface area contributed by atoms with Crippen molar-refractivity contribution in [2.24, 2.45) is 0 Å². The standard InChI is InChI=1S/C10H9N2O4/c1-15-8-4-6(10(13)16-2)3-7-9(8)12(14)5-11-7/h3-4,14H,1-2H3. The van der Waals surface area contributed by atoms with Gasteiger partial charge in [0.15, 0.2) is 0 Å². The van der Waals surface area contributed by atoms with Crippen LogP contribution < -0.4 is 4.74 Å². The van der Waals surface area contributed by atoms with Crippen molar-refractivity contribution >= 4 is 17.0 Å². The summed E-state index contributed by atoms with van der Waals surface area (Å²) < 4.78 is 10.4. The maximum Gasteiger partial charge on any atom is 0.338 e. The van der Waals surface area contributed by atoms with Crippen LogP contribution in [-0.4, -0.2) is 35.1 Å². The van der Waals surface area contributed by atoms with Gasteiger partial charge in [-0.25, -0.2) is 9.78 Å². The second-order valence-corrected chi connectivity index (χ2v) is 3.06. The van der Waals surface area contributed by atoms with Gasteiger partial charge >= 0.3 is 5.97 Å². The fourth-order valence-electron chi connectivity index (χ4n) is 1.43. The summed E-state index contributed by atoms with van der Waals surface area (Å²) in [6, 6.07) is 2.96. The predicted molar refractivity (Wildman–Crippen MR) is 53.6 cm³/mol. The number of carbonyl (C=O) groups is 1. The van der Waals surface area contributed by atoms with E-state index >= 15 is 0 Å². The molecule has 0 aliphatic heterocycles. The number of rotatable bonds is 2. The minimum absolute atomic E-state index is 0.305. The molecule has 16 heavy (non-hydrogen) atoms. The SMILES string of the molecule is COC(=O)c1cc(OC)c2c(c1)n[c]n2O. The van der Waals surface area contributed by atoms with E-state index in [9.17, 15) is 10.0 Å². The third-order valence-electron chi connectivity index (χ3n) is 2.17. The van der Waals surface area contributed by atoms with Crippen molar-refractivity contribution in [3.8, 4) is 5.75 Å². The van der Waals surface area contributed by atoms with E-state index in [1.54, 1.807) is 0 Å². The van der Waals surface area contributed by atoms with Crippen molar-refractivity contribution in [2.75, 3.05) is 14.2 Å². The van der Waals surface area contributed by atoms with Crippen molar-refractivity contribution in [3.05, 3.63) is 24.0 Å². The van der Waals surface area contributed by atoms with Crippen LogP contribution >= 0.6 is 0 Å². The lowest BCUT2D eigenvalue weighted by Gasteiger charge is -2.05. The quantitative estimate of drug-likeness (QED) is 0.601. The van der Waals surface area contributed by atoms with Gasteiger partial charge in [0.05, 0.1) is 25.3 Å². The molecule has 1 radical (unpaired) electrons. The molecule has 6 heteroatoms. The lowest BCUT2D eigenvalue weighted by atomic mass is 10.2. The summed E-state index contributed by atoms with van der Waals surface area (Å²) in [6.07, 6.45) is 2.33. The first-order valence-corrected chi connectivity index (χ1v) is 4.43. The van der Waals surface area contributed by atoms with Gasteiger partial charge in [0.2, 0.25) is 6.33 Å². The molecule has 0 bridgehead atoms. The molecule has 0 aliphatic carbocycles. The van der Waals surface area contributed by atoms with Crippen molar-refractivity contribution in [3.63, 3.8) is 0 Å². The Morgan fingerprint density at radius 2 is 2.25 bits per heavy atom. The maximum atomic E-state index is 11.3. The zero-order valence-electron chi connectivity index (χ0n) is 8.72. The Balaban J connectivity index is 2.69. The second-order valence-electron chi connectivity index (χ2n) is 3.06. The Labute approximate surface area is 91.0 Å². The van der Waals surface area contributed by atoms with Crippen LogP contribution in [0.5, 0.6) is 5.75 Å². The Morgan fingerprint density at radius 3 is 2.88 bits per heavy atom. The first kappa shape index (κ1) is 10.3. The molecule has 0 unspecified atom stereocenters. The summed E-state index contributed by atoms with van der Waals surface area (Å²) in [5.41, 5.74) is 1.07. The smallest absolute Gasteiger partial charge is 0.338 e. The van der Waals surface area contributed by atoms with E-state index in [-0.39, 0.29) is 0 Å². The van der Waals surface area contributed by atoms with Crippen LogP contribution in [0.3, 0.4) is 0 Å². The molecule has 1 aromatic carbocycles. The van der Waals surface area contributed by atoms with Gasteiger partial charge in [-0.05, 0) is 12.1 Å². The number of carbonyl (C=O) groups excluding carboxylic acids is 1. The van der Waals surface area contributed by atoms with E-state index in [2.05, 4.69) is 16.0 Å². The van der Waals surface area contributed by atoms with Crippen LogP contribution in [0.4, 0.5) is 0 Å². The van der Waals surface area contributed by atoms with E-state index in [4.69, 9.17) is 4.74 Å². The molecule has 1 heterocycles. The molecule has 83 valence electrons. The van der Waals surface area contributed by atoms with Crippen LogP contribution in [0.1, 0.15) is 10.4 Å². The highest BCUT2D eigenvalue weighted by atomic mass is 16.5. The molecule has 0 saturated carbocycles. The zero-order valence-corrected chi connectivity index (χ0v) is 8.72. The molecule has 1 aromatic heterocycles. The van der Waals surface area contributed by atoms with E-state index in [0.717, 1.165) is 4.73 Å². The molecule has 0 saturated heterocycles. The first-order valence-electron chi connectivity index (χ1n) is 4.43. The Hall–Kier alpha value is -2.24. The van der Waals surface area contributed by atoms with E-state index in [1.807, 2.05) is 0 Å². The number of methoxy groups -OCH3 is 2. The number of nitrogens with zero attached hydrogens (tertiary/aromatic N) is 2. The van der Waals surface area contributed by atoms with Gasteiger partial charge in [-0.3, -0.25) is 0 Å². The molecule has 2 rings (SSSR count). The molecule has 0 atom stereocenters. The normalized spacial score (nSPS) is 10.4. The van der Waals surface area contributed by atoms with Gasteiger partial charge in [-0.15, -0.1) is 0 Å². The number of benzene rings is 1. The monoisotopic (exact) mass is 221 g/mol. The summed E-state index contributed by atoms with van der Waals surface area (Å²) in [6.45, 7) is 0. The fourth-order valence-corrected chi connectivity index (χ4v) is 1.43. The lowest BCUT2D eigenvalue weighted by Crippen LogP contribution is -2.02. The van der Waals surface area contributed by atoms with Gasteiger partial charge in [-0.2, -0.15) is 4.73 Å². The van der Waals surface area contributed by atoms with Crippen LogP contribution in [0.2, 0.25) is 0 Å². The number of ether oxygens (including phenoxy) is 2. The molecule has 2 aromatic rings. The van der Waals surface area contributed by atoms with E-state index < -0.39 is 5.97 Å². The molecular formula is C10H9N2O4. The number of imidazole rings is 1. The summed E-state index contributed by atoms with van der Waals surface area (Å²) in [7, 11) is 2.72. The molecule has 6 nitrogen and oxygen atoms in total. The average Bonchev–Trinajstić information content (AvgIpc) is 2.69. The highest BCUT2D eigenvalue weighted by Crippen LogP contribution is 2.26. The summed E-state index contributed by atoms with van der Waals surface area (Å²) in [5.74, 6) is -0.165. The first-order chi connectivity index (χ1) is 7.67. The molecule has 0 amide bonds. The maximum absolute atomic E-state index is 11.3. The van der Waals surface area contributed by atoms with Crippen molar-refractivity contribution < 1.29 is 19.5 Å². The van der Waals surface area contributed by atoms with Gasteiger partial charge in [0, 0.05) is 0 Å². The number of aromatic nitrogens is 2. The van der Waals surface area contributed by atoms with Gasteiger partial charge < -0.3 is 14.7 Å². The average molecular weight is 221 g/mol. The molecule has 1 N–H and O–H groups in total. The number of fused-ring (bicyclic) bond motifs is 1. The largest absolute Gasteiger partial charge is 0.494 e. The summed E-state index contributed by atoms with van der Waals surface area (Å²) >= 11 is 0. The second kappa shape index (κ2) is 3.73. The number of hydrogen-bond donors (Lipinski definition) is 1. The topological polar surface area (TPSA) is 73.6 Å². The Kier molecular flexibility index (Phi) is 2.40. The van der Waals surface area contributed by atoms with Crippen LogP contribution in [-0.2, 0) is 4.74 Å². The Bertz CT molecular complexity index is 547. The van der Waals surface area contributed by atoms with Crippen LogP contribution in [0.25, 0.3) is 11.0 Å². The third-order valence-corrected chi connectivity index (χ3v) is 2.17. The number of esters is 1. The predicted octanol–water partition coefficient (Wildman–Crippen LogP) is 0.869. The van der Waals surface area contributed by atoms with Crippen LogP contribution in [0, 0.1) is 6.33 Å². The minimum Gasteiger partial charge on any atom is -0.494 e. The van der Waals surface area contributed by atoms with Crippen molar-refractivity contribution in [1.82, 2.24) is 9.71 Å². The van der Waals surface area contributed by atoms with E-state index in [1.165, 1.54) is 26.4 Å². The van der Waals surface area contributed by atoms with Crippen molar-refractivity contribution in [1.29, 1.82) is 0 Å². The number of hydrogen-bond acceptors (Lipinski definition) is 5. The highest BCUT2D eigenvalue weighted by Gasteiger charge is 2.15. The molecule has 0 aliphatic rings. The molecule has 0 spiro atoms. The minimum atomic E-state index is -0.493. The van der Waals surface area contributed by atoms with Gasteiger partial charge in [0.25, 0.3) is 0 Å². The van der Waals surface area contributed by atoms with Crippen LogP contribution in [0.15, 0.2) is 12.1 Å². The highest BCUT2D eigenvalue weighted by molar-refractivity contribution is 5.95.